The molecule has 0 atom stereocenters. The molecule has 1 heterocycles. The van der Waals surface area contributed by atoms with Crippen LogP contribution in [0.4, 0.5) is 0 Å². The Bertz CT molecular complexity index is 867. The number of hydrogen-bond acceptors (Lipinski definition) is 3. The molecule has 0 bridgehead atoms. The number of nitrogens with one attached hydrogen (secondary N) is 2. The highest BCUT2D eigenvalue weighted by Crippen LogP contribution is 2.17. The van der Waals surface area contributed by atoms with Crippen LogP contribution in [0.25, 0.3) is 11.5 Å². The van der Waals surface area contributed by atoms with Gasteiger partial charge < -0.3 is 15.1 Å². The number of nitrogens with zero attached hydrogens (tertiary/aromatic N) is 2. The molecule has 27 heavy (non-hydrogen) atoms. The predicted molar refractivity (Wildman–Crippen MR) is 121 cm³/mol. The fourth-order valence-electron chi connectivity index (χ4n) is 2.51. The van der Waals surface area contributed by atoms with Crippen LogP contribution in [-0.4, -0.2) is 24.5 Å². The maximum Gasteiger partial charge on any atom is 0.226 e. The summed E-state index contributed by atoms with van der Waals surface area (Å²) in [5, 5.41) is 7.30. The zero-order valence-electron chi connectivity index (χ0n) is 15.0. The summed E-state index contributed by atoms with van der Waals surface area (Å²) < 4.78 is 5.54. The van der Waals surface area contributed by atoms with Gasteiger partial charge in [-0.2, -0.15) is 0 Å². The number of halogens is 2. The molecule has 0 fully saturated rings. The van der Waals surface area contributed by atoms with E-state index in [1.54, 1.807) is 13.3 Å². The monoisotopic (exact) mass is 496 g/mol. The second-order valence-electron chi connectivity index (χ2n) is 5.70. The molecule has 0 amide bonds. The van der Waals surface area contributed by atoms with Gasteiger partial charge in [0.15, 0.2) is 5.96 Å². The summed E-state index contributed by atoms with van der Waals surface area (Å²) >= 11 is 6.18. The number of guanidine groups is 1. The molecular weight excluding hydrogens is 475 g/mol. The quantitative estimate of drug-likeness (QED) is 0.299. The van der Waals surface area contributed by atoms with Gasteiger partial charge in [-0.3, -0.25) is 4.99 Å². The molecule has 0 spiro atoms. The molecule has 2 N–H and O–H groups in total. The Labute approximate surface area is 181 Å². The molecule has 7 heteroatoms. The molecule has 3 rings (SSSR count). The van der Waals surface area contributed by atoms with Crippen LogP contribution in [0.5, 0.6) is 0 Å². The molecule has 5 nitrogen and oxygen atoms in total. The minimum atomic E-state index is 0. The van der Waals surface area contributed by atoms with Crippen LogP contribution in [0.3, 0.4) is 0 Å². The van der Waals surface area contributed by atoms with Gasteiger partial charge in [0.05, 0.1) is 12.2 Å². The first kappa shape index (κ1) is 21.2. The van der Waals surface area contributed by atoms with Crippen LogP contribution >= 0.6 is 35.6 Å². The van der Waals surface area contributed by atoms with E-state index >= 15 is 0 Å². The van der Waals surface area contributed by atoms with Crippen molar-refractivity contribution in [2.75, 3.05) is 13.6 Å². The number of oxazole rings is 1. The lowest BCUT2D eigenvalue weighted by Crippen LogP contribution is -2.37. The molecule has 0 aliphatic carbocycles. The normalized spacial score (nSPS) is 11.0. The van der Waals surface area contributed by atoms with E-state index in [-0.39, 0.29) is 24.0 Å². The summed E-state index contributed by atoms with van der Waals surface area (Å²) in [6, 6.07) is 17.7. The van der Waals surface area contributed by atoms with Crippen molar-refractivity contribution in [3.63, 3.8) is 0 Å². The predicted octanol–water partition coefficient (Wildman–Crippen LogP) is 4.52. The number of hydrogen-bond donors (Lipinski definition) is 2. The Morgan fingerprint density at radius 3 is 2.56 bits per heavy atom. The van der Waals surface area contributed by atoms with E-state index in [0.29, 0.717) is 18.4 Å². The van der Waals surface area contributed by atoms with Crippen molar-refractivity contribution in [2.24, 2.45) is 4.99 Å². The Morgan fingerprint density at radius 1 is 1.07 bits per heavy atom. The van der Waals surface area contributed by atoms with Crippen molar-refractivity contribution >= 4 is 41.5 Å². The molecule has 0 radical (unpaired) electrons. The van der Waals surface area contributed by atoms with Crippen molar-refractivity contribution in [2.45, 2.75) is 13.0 Å². The maximum absolute atomic E-state index is 6.18. The second kappa shape index (κ2) is 10.9. The van der Waals surface area contributed by atoms with E-state index in [9.17, 15) is 0 Å². The van der Waals surface area contributed by atoms with Crippen LogP contribution < -0.4 is 10.6 Å². The Hall–Kier alpha value is -2.06. The van der Waals surface area contributed by atoms with Crippen LogP contribution in [0, 0.1) is 0 Å². The minimum absolute atomic E-state index is 0. The van der Waals surface area contributed by atoms with E-state index in [1.807, 2.05) is 54.6 Å². The fourth-order valence-corrected chi connectivity index (χ4v) is 2.74. The second-order valence-corrected chi connectivity index (χ2v) is 6.11. The van der Waals surface area contributed by atoms with Gasteiger partial charge in [-0.05, 0) is 30.2 Å². The van der Waals surface area contributed by atoms with Crippen molar-refractivity contribution in [1.82, 2.24) is 15.6 Å². The lowest BCUT2D eigenvalue weighted by Gasteiger charge is -2.11. The van der Waals surface area contributed by atoms with Crippen molar-refractivity contribution in [1.29, 1.82) is 0 Å². The summed E-state index contributed by atoms with van der Waals surface area (Å²) in [5.41, 5.74) is 2.89. The zero-order valence-corrected chi connectivity index (χ0v) is 18.1. The Kier molecular flexibility index (Phi) is 8.60. The SMILES string of the molecule is CN=C(NCCc1ccccc1Cl)NCc1coc(-c2ccccc2)n1.I. The van der Waals surface area contributed by atoms with E-state index < -0.39 is 0 Å². The Morgan fingerprint density at radius 2 is 1.81 bits per heavy atom. The summed E-state index contributed by atoms with van der Waals surface area (Å²) in [6.45, 7) is 1.26. The lowest BCUT2D eigenvalue weighted by molar-refractivity contribution is 0.572. The van der Waals surface area contributed by atoms with Gasteiger partial charge in [-0.15, -0.1) is 24.0 Å². The topological polar surface area (TPSA) is 62.5 Å². The maximum atomic E-state index is 6.18. The third-order valence-electron chi connectivity index (χ3n) is 3.88. The molecule has 142 valence electrons. The molecule has 0 aliphatic heterocycles. The van der Waals surface area contributed by atoms with Crippen molar-refractivity contribution in [3.05, 3.63) is 77.1 Å². The van der Waals surface area contributed by atoms with E-state index in [1.165, 1.54) is 0 Å². The van der Waals surface area contributed by atoms with Crippen LogP contribution in [0.2, 0.25) is 5.02 Å². The van der Waals surface area contributed by atoms with Gasteiger partial charge in [-0.1, -0.05) is 48.0 Å². The highest BCUT2D eigenvalue weighted by atomic mass is 127. The molecule has 0 saturated heterocycles. The molecule has 3 aromatic rings. The van der Waals surface area contributed by atoms with Crippen LogP contribution in [0.15, 0.2) is 70.3 Å². The van der Waals surface area contributed by atoms with Gasteiger partial charge in [-0.25, -0.2) is 4.98 Å². The molecule has 0 aliphatic rings. The summed E-state index contributed by atoms with van der Waals surface area (Å²) in [7, 11) is 1.74. The van der Waals surface area contributed by atoms with Gasteiger partial charge in [0, 0.05) is 24.2 Å². The smallest absolute Gasteiger partial charge is 0.226 e. The highest BCUT2D eigenvalue weighted by molar-refractivity contribution is 14.0. The average molecular weight is 497 g/mol. The third-order valence-corrected chi connectivity index (χ3v) is 4.25. The first-order valence-electron chi connectivity index (χ1n) is 8.44. The molecule has 1 aromatic heterocycles. The first-order valence-corrected chi connectivity index (χ1v) is 8.82. The van der Waals surface area contributed by atoms with Gasteiger partial charge in [0.2, 0.25) is 5.89 Å². The Balaban J connectivity index is 0.00000261. The van der Waals surface area contributed by atoms with E-state index in [2.05, 4.69) is 20.6 Å². The van der Waals surface area contributed by atoms with Gasteiger partial charge in [0.25, 0.3) is 0 Å². The fraction of sp³-hybridized carbons (Fsp3) is 0.200. The zero-order chi connectivity index (χ0) is 18.2. The standard InChI is InChI=1S/C20H21ClN4O.HI/c1-22-20(23-12-11-15-7-5-6-10-18(15)21)24-13-17-14-26-19(25-17)16-8-3-2-4-9-16;/h2-10,14H,11-13H2,1H3,(H2,22,23,24);1H. The van der Waals surface area contributed by atoms with Crippen LogP contribution in [0.1, 0.15) is 11.3 Å². The van der Waals surface area contributed by atoms with Crippen molar-refractivity contribution < 1.29 is 4.42 Å². The number of aliphatic imine (C=N–C) groups is 1. The number of aromatic nitrogens is 1. The first-order chi connectivity index (χ1) is 12.8. The van der Waals surface area contributed by atoms with Gasteiger partial charge >= 0.3 is 0 Å². The summed E-state index contributed by atoms with van der Waals surface area (Å²) in [6.07, 6.45) is 2.48. The minimum Gasteiger partial charge on any atom is -0.444 e. The van der Waals surface area contributed by atoms with Crippen LogP contribution in [-0.2, 0) is 13.0 Å². The largest absolute Gasteiger partial charge is 0.444 e. The highest BCUT2D eigenvalue weighted by Gasteiger charge is 2.07. The van der Waals surface area contributed by atoms with E-state index in [4.69, 9.17) is 16.0 Å². The number of benzene rings is 2. The molecule has 0 unspecified atom stereocenters. The molecular formula is C20H22ClIN4O. The van der Waals surface area contributed by atoms with Crippen molar-refractivity contribution in [3.8, 4) is 11.5 Å². The van der Waals surface area contributed by atoms with E-state index in [0.717, 1.165) is 34.8 Å². The third kappa shape index (κ3) is 6.25. The average Bonchev–Trinajstić information content (AvgIpc) is 3.16. The summed E-state index contributed by atoms with van der Waals surface area (Å²) in [4.78, 5) is 8.72. The summed E-state index contributed by atoms with van der Waals surface area (Å²) in [5.74, 6) is 1.32. The molecule has 0 saturated carbocycles. The number of rotatable bonds is 6. The molecule has 2 aromatic carbocycles. The lowest BCUT2D eigenvalue weighted by atomic mass is 10.1. The van der Waals surface area contributed by atoms with Gasteiger partial charge in [0.1, 0.15) is 6.26 Å².